The lowest BCUT2D eigenvalue weighted by atomic mass is 10.2. The average molecular weight is 342 g/mol. The van der Waals surface area contributed by atoms with Crippen molar-refractivity contribution in [3.05, 3.63) is 25.7 Å². The highest BCUT2D eigenvalue weighted by Crippen LogP contribution is 2.27. The molecule has 0 saturated carbocycles. The fraction of sp³-hybridized carbons (Fsp3) is 0. The normalized spacial score (nSPS) is 10.8. The Morgan fingerprint density at radius 1 is 1.50 bits per heavy atom. The Kier molecular flexibility index (Phi) is 3.33. The molecule has 0 aliphatic carbocycles. The largest absolute Gasteiger partial charge is 0.506 e. The van der Waals surface area contributed by atoms with Crippen molar-refractivity contribution >= 4 is 44.7 Å². The van der Waals surface area contributed by atoms with Crippen LogP contribution < -0.4 is 0 Å². The van der Waals surface area contributed by atoms with Gasteiger partial charge in [-0.2, -0.15) is 0 Å². The summed E-state index contributed by atoms with van der Waals surface area (Å²) in [6, 6.07) is 3.43. The molecule has 0 fully saturated rings. The van der Waals surface area contributed by atoms with E-state index in [1.165, 1.54) is 6.21 Å². The summed E-state index contributed by atoms with van der Waals surface area (Å²) in [6.07, 6.45) is 1.18. The third kappa shape index (κ3) is 2.10. The van der Waals surface area contributed by atoms with Gasteiger partial charge >= 0.3 is 0 Å². The van der Waals surface area contributed by atoms with Crippen LogP contribution in [0, 0.1) is 3.57 Å². The fourth-order valence-corrected chi connectivity index (χ4v) is 2.30. The number of oxime groups is 1. The van der Waals surface area contributed by atoms with Gasteiger partial charge < -0.3 is 10.3 Å². The van der Waals surface area contributed by atoms with E-state index in [-0.39, 0.29) is 5.75 Å². The van der Waals surface area contributed by atoms with Gasteiger partial charge in [-0.15, -0.1) is 0 Å². The molecule has 0 bridgehead atoms. The Labute approximate surface area is 91.4 Å². The highest BCUT2D eigenvalue weighted by Gasteiger charge is 2.04. The first kappa shape index (κ1) is 9.79. The Bertz CT molecular complexity index is 327. The summed E-state index contributed by atoms with van der Waals surface area (Å²) in [6.45, 7) is 0. The third-order valence-corrected chi connectivity index (χ3v) is 2.53. The Balaban J connectivity index is 3.27. The minimum Gasteiger partial charge on any atom is -0.506 e. The lowest BCUT2D eigenvalue weighted by molar-refractivity contribution is 0.321. The number of benzene rings is 1. The van der Waals surface area contributed by atoms with Crippen LogP contribution in [0.3, 0.4) is 0 Å². The molecule has 0 atom stereocenters. The van der Waals surface area contributed by atoms with E-state index in [0.29, 0.717) is 9.13 Å². The first-order valence-corrected chi connectivity index (χ1v) is 4.87. The zero-order valence-electron chi connectivity index (χ0n) is 5.83. The van der Waals surface area contributed by atoms with Gasteiger partial charge in [0.25, 0.3) is 0 Å². The maximum absolute atomic E-state index is 9.42. The van der Waals surface area contributed by atoms with E-state index in [9.17, 15) is 5.11 Å². The molecule has 0 aliphatic heterocycles. The molecule has 0 heterocycles. The maximum atomic E-state index is 9.42. The molecule has 0 spiro atoms. The molecular weight excluding hydrogens is 337 g/mol. The molecule has 1 aromatic rings. The highest BCUT2D eigenvalue weighted by molar-refractivity contribution is 14.1. The van der Waals surface area contributed by atoms with E-state index < -0.39 is 0 Å². The van der Waals surface area contributed by atoms with Crippen molar-refractivity contribution < 1.29 is 10.3 Å². The van der Waals surface area contributed by atoms with Gasteiger partial charge in [-0.25, -0.2) is 0 Å². The smallest absolute Gasteiger partial charge is 0.137 e. The third-order valence-electron chi connectivity index (χ3n) is 1.25. The Morgan fingerprint density at radius 3 is 2.75 bits per heavy atom. The predicted molar refractivity (Wildman–Crippen MR) is 57.9 cm³/mol. The van der Waals surface area contributed by atoms with E-state index in [4.69, 9.17) is 5.21 Å². The lowest BCUT2D eigenvalue weighted by Crippen LogP contribution is -1.85. The van der Waals surface area contributed by atoms with Crippen LogP contribution in [0.4, 0.5) is 0 Å². The maximum Gasteiger partial charge on any atom is 0.137 e. The van der Waals surface area contributed by atoms with Gasteiger partial charge in [0.15, 0.2) is 0 Å². The van der Waals surface area contributed by atoms with Crippen LogP contribution in [0.25, 0.3) is 0 Å². The second-order valence-electron chi connectivity index (χ2n) is 2.07. The molecule has 0 radical (unpaired) electrons. The van der Waals surface area contributed by atoms with Crippen LogP contribution in [0.5, 0.6) is 5.75 Å². The van der Waals surface area contributed by atoms with Crippen LogP contribution in [-0.2, 0) is 0 Å². The van der Waals surface area contributed by atoms with Crippen molar-refractivity contribution in [2.75, 3.05) is 0 Å². The number of nitrogens with zero attached hydrogens (tertiary/aromatic N) is 1. The van der Waals surface area contributed by atoms with E-state index in [1.807, 2.05) is 22.6 Å². The van der Waals surface area contributed by atoms with Crippen LogP contribution in [-0.4, -0.2) is 16.5 Å². The first-order valence-electron chi connectivity index (χ1n) is 3.00. The van der Waals surface area contributed by atoms with Crippen LogP contribution in [0.15, 0.2) is 21.8 Å². The zero-order chi connectivity index (χ0) is 9.14. The number of rotatable bonds is 1. The van der Waals surface area contributed by atoms with Gasteiger partial charge in [0, 0.05) is 10.0 Å². The summed E-state index contributed by atoms with van der Waals surface area (Å²) in [5.74, 6) is 0.122. The van der Waals surface area contributed by atoms with Crippen molar-refractivity contribution in [3.63, 3.8) is 0 Å². The topological polar surface area (TPSA) is 52.8 Å². The summed E-state index contributed by atoms with van der Waals surface area (Å²) in [5, 5.41) is 20.5. The Morgan fingerprint density at radius 2 is 2.17 bits per heavy atom. The second kappa shape index (κ2) is 4.08. The van der Waals surface area contributed by atoms with Gasteiger partial charge in [0.1, 0.15) is 5.75 Å². The molecule has 0 aromatic heterocycles. The highest BCUT2D eigenvalue weighted by atomic mass is 127. The summed E-state index contributed by atoms with van der Waals surface area (Å²) in [7, 11) is 0. The van der Waals surface area contributed by atoms with Crippen LogP contribution in [0.2, 0.25) is 0 Å². The van der Waals surface area contributed by atoms with Gasteiger partial charge in [-0.05, 0) is 34.7 Å². The molecular formula is C7H5BrINO2. The zero-order valence-corrected chi connectivity index (χ0v) is 9.57. The molecule has 0 unspecified atom stereocenters. The van der Waals surface area contributed by atoms with E-state index in [0.717, 1.165) is 4.47 Å². The molecule has 5 heteroatoms. The molecule has 0 saturated heterocycles. The SMILES string of the molecule is O/N=C/c1cc(Br)cc(I)c1O. The van der Waals surface area contributed by atoms with Crippen molar-refractivity contribution in [3.8, 4) is 5.75 Å². The van der Waals surface area contributed by atoms with Crippen molar-refractivity contribution in [1.29, 1.82) is 0 Å². The molecule has 1 rings (SSSR count). The van der Waals surface area contributed by atoms with E-state index >= 15 is 0 Å². The van der Waals surface area contributed by atoms with Crippen LogP contribution >= 0.6 is 38.5 Å². The molecule has 1 aromatic carbocycles. The second-order valence-corrected chi connectivity index (χ2v) is 4.15. The van der Waals surface area contributed by atoms with Crippen LogP contribution in [0.1, 0.15) is 5.56 Å². The van der Waals surface area contributed by atoms with Gasteiger partial charge in [-0.3, -0.25) is 0 Å². The number of halogens is 2. The summed E-state index contributed by atoms with van der Waals surface area (Å²) < 4.78 is 1.54. The minimum atomic E-state index is 0.122. The number of aromatic hydroxyl groups is 1. The summed E-state index contributed by atoms with van der Waals surface area (Å²) in [4.78, 5) is 0. The monoisotopic (exact) mass is 341 g/mol. The lowest BCUT2D eigenvalue weighted by Gasteiger charge is -2.01. The van der Waals surface area contributed by atoms with Crippen molar-refractivity contribution in [1.82, 2.24) is 0 Å². The van der Waals surface area contributed by atoms with Gasteiger partial charge in [0.2, 0.25) is 0 Å². The van der Waals surface area contributed by atoms with Crippen molar-refractivity contribution in [2.24, 2.45) is 5.16 Å². The minimum absolute atomic E-state index is 0.122. The fourth-order valence-electron chi connectivity index (χ4n) is 0.746. The molecule has 0 aliphatic rings. The standard InChI is InChI=1S/C7H5BrINO2/c8-5-1-4(3-10-12)7(11)6(9)2-5/h1-3,11-12H/b10-3+. The summed E-state index contributed by atoms with van der Waals surface area (Å²) in [5.41, 5.74) is 0.483. The Hall–Kier alpha value is -0.300. The molecule has 64 valence electrons. The number of phenols is 1. The molecule has 12 heavy (non-hydrogen) atoms. The number of phenolic OH excluding ortho intramolecular Hbond substituents is 1. The molecule has 2 N–H and O–H groups in total. The predicted octanol–water partition coefficient (Wildman–Crippen LogP) is 2.57. The number of hydrogen-bond donors (Lipinski definition) is 2. The number of hydrogen-bond acceptors (Lipinski definition) is 3. The van der Waals surface area contributed by atoms with E-state index in [2.05, 4.69) is 21.1 Å². The molecule has 0 amide bonds. The van der Waals surface area contributed by atoms with Gasteiger partial charge in [-0.1, -0.05) is 21.1 Å². The summed E-state index contributed by atoms with van der Waals surface area (Å²) >= 11 is 5.25. The van der Waals surface area contributed by atoms with Gasteiger partial charge in [0.05, 0.1) is 9.78 Å². The van der Waals surface area contributed by atoms with E-state index in [1.54, 1.807) is 12.1 Å². The van der Waals surface area contributed by atoms with Crippen molar-refractivity contribution in [2.45, 2.75) is 0 Å². The quantitative estimate of drug-likeness (QED) is 0.357. The average Bonchev–Trinajstić information content (AvgIpc) is 2.00. The first-order chi connectivity index (χ1) is 5.65. The molecule has 3 nitrogen and oxygen atoms in total.